The number of imidazole rings is 1. The van der Waals surface area contributed by atoms with E-state index in [4.69, 9.17) is 9.72 Å². The summed E-state index contributed by atoms with van der Waals surface area (Å²) in [4.78, 5) is 17.7. The molecule has 0 amide bonds. The minimum absolute atomic E-state index is 0.0981. The van der Waals surface area contributed by atoms with E-state index in [1.165, 1.54) is 11.8 Å². The van der Waals surface area contributed by atoms with Gasteiger partial charge in [0.15, 0.2) is 10.9 Å². The van der Waals surface area contributed by atoms with Gasteiger partial charge in [-0.15, -0.1) is 0 Å². The maximum atomic E-state index is 12.9. The van der Waals surface area contributed by atoms with E-state index in [9.17, 15) is 4.79 Å². The second-order valence-corrected chi connectivity index (χ2v) is 7.94. The number of ketones is 1. The predicted molar refractivity (Wildman–Crippen MR) is 118 cm³/mol. The number of hydrogen-bond donors (Lipinski definition) is 0. The highest BCUT2D eigenvalue weighted by Gasteiger charge is 2.21. The van der Waals surface area contributed by atoms with Crippen LogP contribution in [0.3, 0.4) is 0 Å². The maximum absolute atomic E-state index is 12.9. The normalized spacial score (nSPS) is 12.1. The molecule has 0 aliphatic carbocycles. The van der Waals surface area contributed by atoms with Gasteiger partial charge in [0.05, 0.1) is 22.9 Å². The zero-order valence-corrected chi connectivity index (χ0v) is 17.2. The summed E-state index contributed by atoms with van der Waals surface area (Å²) in [5, 5.41) is 0.544. The third kappa shape index (κ3) is 4.05. The van der Waals surface area contributed by atoms with Crippen molar-refractivity contribution in [2.75, 3.05) is 6.61 Å². The van der Waals surface area contributed by atoms with Crippen molar-refractivity contribution in [1.29, 1.82) is 0 Å². The molecule has 3 aromatic carbocycles. The lowest BCUT2D eigenvalue weighted by Crippen LogP contribution is -2.14. The molecule has 0 bridgehead atoms. The number of Topliss-reactive ketones (excluding diaryl/α,β-unsaturated/α-hetero) is 1. The third-order valence-corrected chi connectivity index (χ3v) is 5.70. The Bertz CT molecular complexity index is 1120. The molecule has 0 radical (unpaired) electrons. The molecule has 4 nitrogen and oxygen atoms in total. The minimum atomic E-state index is -0.254. The second-order valence-electron chi connectivity index (χ2n) is 6.64. The number of hydrogen-bond acceptors (Lipinski definition) is 4. The van der Waals surface area contributed by atoms with E-state index in [1.807, 2.05) is 92.7 Å². The van der Waals surface area contributed by atoms with Gasteiger partial charge in [0.2, 0.25) is 0 Å². The molecule has 0 aliphatic heterocycles. The molecule has 146 valence electrons. The number of rotatable bonds is 7. The van der Waals surface area contributed by atoms with Crippen molar-refractivity contribution in [2.24, 2.45) is 0 Å². The van der Waals surface area contributed by atoms with Gasteiger partial charge < -0.3 is 4.74 Å². The highest BCUT2D eigenvalue weighted by atomic mass is 32.2. The highest BCUT2D eigenvalue weighted by Crippen LogP contribution is 2.32. The van der Waals surface area contributed by atoms with Gasteiger partial charge in [-0.3, -0.25) is 9.36 Å². The number of thioether (sulfide) groups is 1. The van der Waals surface area contributed by atoms with Crippen molar-refractivity contribution < 1.29 is 9.53 Å². The Morgan fingerprint density at radius 3 is 2.41 bits per heavy atom. The Labute approximate surface area is 174 Å². The molecule has 0 N–H and O–H groups in total. The summed E-state index contributed by atoms with van der Waals surface area (Å²) in [5.74, 6) is 0.934. The molecule has 0 fully saturated rings. The molecule has 0 spiro atoms. The van der Waals surface area contributed by atoms with Crippen LogP contribution in [0, 0.1) is 0 Å². The molecule has 1 atom stereocenters. The summed E-state index contributed by atoms with van der Waals surface area (Å²) >= 11 is 1.48. The molecule has 4 rings (SSSR count). The van der Waals surface area contributed by atoms with Gasteiger partial charge in [0.1, 0.15) is 5.75 Å². The zero-order valence-electron chi connectivity index (χ0n) is 16.4. The first kappa shape index (κ1) is 19.3. The fourth-order valence-electron chi connectivity index (χ4n) is 3.24. The van der Waals surface area contributed by atoms with Gasteiger partial charge in [-0.1, -0.05) is 54.2 Å². The lowest BCUT2D eigenvalue weighted by molar-refractivity contribution is 0.0994. The molecule has 5 heteroatoms. The Morgan fingerprint density at radius 1 is 1.00 bits per heavy atom. The summed E-state index contributed by atoms with van der Waals surface area (Å²) in [5.41, 5.74) is 3.63. The zero-order chi connectivity index (χ0) is 20.2. The van der Waals surface area contributed by atoms with Gasteiger partial charge in [0.25, 0.3) is 0 Å². The average Bonchev–Trinajstić information content (AvgIpc) is 3.12. The quantitative estimate of drug-likeness (QED) is 0.290. The standard InChI is InChI=1S/C24H22N2O2S/c1-3-28-20-15-13-19(14-16-20)26-22-12-8-7-11-21(22)25-24(26)29-17(2)23(27)18-9-5-4-6-10-18/h4-17H,3H2,1-2H3. The van der Waals surface area contributed by atoms with Crippen LogP contribution in [-0.4, -0.2) is 27.2 Å². The summed E-state index contributed by atoms with van der Waals surface area (Å²) in [6, 6.07) is 25.4. The van der Waals surface area contributed by atoms with Crippen molar-refractivity contribution in [3.63, 3.8) is 0 Å². The third-order valence-electron chi connectivity index (χ3n) is 4.65. The number of aromatic nitrogens is 2. The number of ether oxygens (including phenoxy) is 1. The highest BCUT2D eigenvalue weighted by molar-refractivity contribution is 8.00. The SMILES string of the molecule is CCOc1ccc(-n2c(SC(C)C(=O)c3ccccc3)nc3ccccc32)cc1. The first-order valence-electron chi connectivity index (χ1n) is 9.64. The first-order valence-corrected chi connectivity index (χ1v) is 10.5. The van der Waals surface area contributed by atoms with E-state index in [2.05, 4.69) is 4.57 Å². The summed E-state index contributed by atoms with van der Waals surface area (Å²) in [6.07, 6.45) is 0. The number of para-hydroxylation sites is 2. The summed E-state index contributed by atoms with van der Waals surface area (Å²) in [6.45, 7) is 4.53. The summed E-state index contributed by atoms with van der Waals surface area (Å²) in [7, 11) is 0. The van der Waals surface area contributed by atoms with E-state index >= 15 is 0 Å². The molecule has 4 aromatic rings. The van der Waals surface area contributed by atoms with Crippen molar-refractivity contribution in [1.82, 2.24) is 9.55 Å². The molecule has 29 heavy (non-hydrogen) atoms. The van der Waals surface area contributed by atoms with E-state index < -0.39 is 0 Å². The lowest BCUT2D eigenvalue weighted by atomic mass is 10.1. The minimum Gasteiger partial charge on any atom is -0.494 e. The number of nitrogens with zero attached hydrogens (tertiary/aromatic N) is 2. The molecular formula is C24H22N2O2S. The number of carbonyl (C=O) groups excluding carboxylic acids is 1. The van der Waals surface area contributed by atoms with Crippen LogP contribution in [0.25, 0.3) is 16.7 Å². The first-order chi connectivity index (χ1) is 14.2. The van der Waals surface area contributed by atoms with E-state index in [1.54, 1.807) is 0 Å². The number of carbonyl (C=O) groups is 1. The van der Waals surface area contributed by atoms with Crippen LogP contribution in [0.15, 0.2) is 84.0 Å². The molecule has 1 aromatic heterocycles. The number of fused-ring (bicyclic) bond motifs is 1. The van der Waals surface area contributed by atoms with Crippen LogP contribution in [0.5, 0.6) is 5.75 Å². The molecule has 0 aliphatic rings. The van der Waals surface area contributed by atoms with E-state index in [0.717, 1.165) is 33.2 Å². The van der Waals surface area contributed by atoms with Crippen molar-refractivity contribution in [3.05, 3.63) is 84.4 Å². The van der Waals surface area contributed by atoms with Crippen LogP contribution in [-0.2, 0) is 0 Å². The van der Waals surface area contributed by atoms with Crippen LogP contribution >= 0.6 is 11.8 Å². The maximum Gasteiger partial charge on any atom is 0.175 e. The largest absolute Gasteiger partial charge is 0.494 e. The van der Waals surface area contributed by atoms with Crippen LogP contribution in [0.4, 0.5) is 0 Å². The molecular weight excluding hydrogens is 380 g/mol. The molecule has 0 saturated heterocycles. The van der Waals surface area contributed by atoms with Gasteiger partial charge in [0, 0.05) is 11.3 Å². The van der Waals surface area contributed by atoms with Crippen LogP contribution in [0.1, 0.15) is 24.2 Å². The van der Waals surface area contributed by atoms with Gasteiger partial charge in [-0.25, -0.2) is 4.98 Å². The lowest BCUT2D eigenvalue weighted by Gasteiger charge is -2.13. The van der Waals surface area contributed by atoms with Crippen molar-refractivity contribution >= 4 is 28.6 Å². The van der Waals surface area contributed by atoms with Gasteiger partial charge in [-0.05, 0) is 50.2 Å². The van der Waals surface area contributed by atoms with Crippen LogP contribution < -0.4 is 4.74 Å². The van der Waals surface area contributed by atoms with Crippen LogP contribution in [0.2, 0.25) is 0 Å². The Balaban J connectivity index is 1.71. The monoisotopic (exact) mass is 402 g/mol. The van der Waals surface area contributed by atoms with Crippen molar-refractivity contribution in [2.45, 2.75) is 24.3 Å². The number of benzene rings is 3. The molecule has 0 saturated carbocycles. The van der Waals surface area contributed by atoms with Crippen molar-refractivity contribution in [3.8, 4) is 11.4 Å². The Morgan fingerprint density at radius 2 is 1.69 bits per heavy atom. The topological polar surface area (TPSA) is 44.1 Å². The average molecular weight is 403 g/mol. The Hall–Kier alpha value is -3.05. The molecule has 1 unspecified atom stereocenters. The Kier molecular flexibility index (Phi) is 5.67. The predicted octanol–water partition coefficient (Wildman–Crippen LogP) is 5.79. The summed E-state index contributed by atoms with van der Waals surface area (Å²) < 4.78 is 7.67. The van der Waals surface area contributed by atoms with Gasteiger partial charge >= 0.3 is 0 Å². The van der Waals surface area contributed by atoms with Gasteiger partial charge in [-0.2, -0.15) is 0 Å². The fraction of sp³-hybridized carbons (Fsp3) is 0.167. The molecule has 1 heterocycles. The smallest absolute Gasteiger partial charge is 0.175 e. The fourth-order valence-corrected chi connectivity index (χ4v) is 4.26. The second kappa shape index (κ2) is 8.53. The van der Waals surface area contributed by atoms with E-state index in [-0.39, 0.29) is 11.0 Å². The van der Waals surface area contributed by atoms with E-state index in [0.29, 0.717) is 6.61 Å².